The number of furan rings is 1. The molecule has 26 heavy (non-hydrogen) atoms. The third-order valence-electron chi connectivity index (χ3n) is 5.49. The maximum absolute atomic E-state index is 12.6. The van der Waals surface area contributed by atoms with E-state index in [9.17, 15) is 9.59 Å². The molecule has 1 saturated heterocycles. The lowest BCUT2D eigenvalue weighted by atomic mass is 9.67. The van der Waals surface area contributed by atoms with E-state index in [1.807, 2.05) is 26.0 Å². The van der Waals surface area contributed by atoms with Crippen molar-refractivity contribution in [1.82, 2.24) is 0 Å². The molecule has 0 spiro atoms. The molecule has 2 heterocycles. The average molecular weight is 352 g/mol. The largest absolute Gasteiger partial charge is 0.472 e. The summed E-state index contributed by atoms with van der Waals surface area (Å²) < 4.78 is 16.5. The molecule has 1 aromatic heterocycles. The molecule has 1 aromatic carbocycles. The van der Waals surface area contributed by atoms with E-state index in [1.165, 1.54) is 0 Å². The van der Waals surface area contributed by atoms with Gasteiger partial charge in [-0.2, -0.15) is 0 Å². The highest BCUT2D eigenvalue weighted by atomic mass is 16.6. The lowest BCUT2D eigenvalue weighted by Gasteiger charge is -2.36. The highest BCUT2D eigenvalue weighted by Gasteiger charge is 2.54. The Morgan fingerprint density at radius 3 is 2.69 bits per heavy atom. The Bertz CT molecular complexity index is 865. The smallest absolute Gasteiger partial charge is 0.338 e. The quantitative estimate of drug-likeness (QED) is 0.774. The minimum Gasteiger partial charge on any atom is -0.472 e. The van der Waals surface area contributed by atoms with Gasteiger partial charge in [0.2, 0.25) is 0 Å². The van der Waals surface area contributed by atoms with Gasteiger partial charge in [-0.3, -0.25) is 0 Å². The minimum atomic E-state index is -0.444. The third kappa shape index (κ3) is 2.55. The molecule has 4 rings (SSSR count). The second kappa shape index (κ2) is 6.16. The Hall–Kier alpha value is -2.82. The molecule has 0 amide bonds. The maximum Gasteiger partial charge on any atom is 0.338 e. The van der Waals surface area contributed by atoms with Gasteiger partial charge in [-0.05, 0) is 43.5 Å². The van der Waals surface area contributed by atoms with E-state index < -0.39 is 11.5 Å². The van der Waals surface area contributed by atoms with Crippen LogP contribution in [0.1, 0.15) is 48.7 Å². The predicted octanol–water partition coefficient (Wildman–Crippen LogP) is 4.22. The highest BCUT2D eigenvalue weighted by Crippen LogP contribution is 2.56. The van der Waals surface area contributed by atoms with Crippen LogP contribution in [-0.4, -0.2) is 18.0 Å². The number of fused-ring (bicyclic) bond motifs is 1. The van der Waals surface area contributed by atoms with E-state index in [0.29, 0.717) is 24.0 Å². The van der Waals surface area contributed by atoms with Crippen LogP contribution < -0.4 is 0 Å². The Balaban J connectivity index is 1.63. The molecule has 0 N–H and O–H groups in total. The topological polar surface area (TPSA) is 65.7 Å². The fraction of sp³-hybridized carbons (Fsp3) is 0.333. The van der Waals surface area contributed by atoms with Crippen LogP contribution in [0.15, 0.2) is 64.5 Å². The van der Waals surface area contributed by atoms with E-state index >= 15 is 0 Å². The Morgan fingerprint density at radius 1 is 1.23 bits per heavy atom. The standard InChI is InChI=1S/C21H20O5/c1-13-16(25-19(22)14-6-4-3-5-7-14)8-10-21(2)17(13)20(23)26-18(21)15-9-11-24-12-15/h3-7,9,11-12,16,18H,8,10H2,1-2H3/t16-,18+,21-/m1/s1. The first-order chi connectivity index (χ1) is 12.5. The van der Waals surface area contributed by atoms with Crippen molar-refractivity contribution in [2.45, 2.75) is 38.9 Å². The van der Waals surface area contributed by atoms with Crippen molar-refractivity contribution in [3.63, 3.8) is 0 Å². The Kier molecular flexibility index (Phi) is 3.94. The molecule has 5 nitrogen and oxygen atoms in total. The summed E-state index contributed by atoms with van der Waals surface area (Å²) in [6.07, 6.45) is 3.74. The monoisotopic (exact) mass is 352 g/mol. The van der Waals surface area contributed by atoms with E-state index in [-0.39, 0.29) is 18.0 Å². The van der Waals surface area contributed by atoms with E-state index in [4.69, 9.17) is 13.9 Å². The van der Waals surface area contributed by atoms with Crippen molar-refractivity contribution in [3.8, 4) is 0 Å². The van der Waals surface area contributed by atoms with Crippen molar-refractivity contribution in [2.75, 3.05) is 0 Å². The molecule has 0 saturated carbocycles. The number of hydrogen-bond acceptors (Lipinski definition) is 5. The number of cyclic esters (lactones) is 1. The van der Waals surface area contributed by atoms with Gasteiger partial charge in [-0.25, -0.2) is 9.59 Å². The van der Waals surface area contributed by atoms with E-state index in [1.54, 1.807) is 36.8 Å². The van der Waals surface area contributed by atoms with Crippen LogP contribution in [-0.2, 0) is 14.3 Å². The van der Waals surface area contributed by atoms with Gasteiger partial charge in [0.05, 0.1) is 18.1 Å². The van der Waals surface area contributed by atoms with Gasteiger partial charge < -0.3 is 13.9 Å². The normalized spacial score (nSPS) is 27.8. The molecule has 0 unspecified atom stereocenters. The first-order valence-corrected chi connectivity index (χ1v) is 8.71. The average Bonchev–Trinajstić information content (AvgIpc) is 3.25. The Labute approximate surface area is 151 Å². The predicted molar refractivity (Wildman–Crippen MR) is 93.2 cm³/mol. The number of ether oxygens (including phenoxy) is 2. The van der Waals surface area contributed by atoms with Crippen LogP contribution in [0.5, 0.6) is 0 Å². The summed E-state index contributed by atoms with van der Waals surface area (Å²) >= 11 is 0. The molecule has 1 aliphatic heterocycles. The number of benzene rings is 1. The summed E-state index contributed by atoms with van der Waals surface area (Å²) in [4.78, 5) is 25.0. The number of rotatable bonds is 3. The zero-order valence-corrected chi connectivity index (χ0v) is 14.7. The SMILES string of the molecule is CC1=C2C(=O)O[C@@H](c3ccoc3)[C@]2(C)CC[C@H]1OC(=O)c1ccccc1. The molecular weight excluding hydrogens is 332 g/mol. The number of carbonyl (C=O) groups is 2. The van der Waals surface area contributed by atoms with Gasteiger partial charge in [0, 0.05) is 16.6 Å². The van der Waals surface area contributed by atoms with Gasteiger partial charge in [-0.15, -0.1) is 0 Å². The molecule has 2 aromatic rings. The van der Waals surface area contributed by atoms with Gasteiger partial charge in [0.25, 0.3) is 0 Å². The zero-order chi connectivity index (χ0) is 18.3. The third-order valence-corrected chi connectivity index (χ3v) is 5.49. The van der Waals surface area contributed by atoms with Crippen molar-refractivity contribution in [3.05, 3.63) is 71.2 Å². The van der Waals surface area contributed by atoms with Crippen LogP contribution in [0.25, 0.3) is 0 Å². The fourth-order valence-electron chi connectivity index (χ4n) is 4.12. The lowest BCUT2D eigenvalue weighted by molar-refractivity contribution is -0.140. The molecular formula is C21H20O5. The van der Waals surface area contributed by atoms with Gasteiger partial charge in [0.1, 0.15) is 12.2 Å². The molecule has 1 aliphatic carbocycles. The van der Waals surface area contributed by atoms with Crippen molar-refractivity contribution < 1.29 is 23.5 Å². The molecule has 0 bridgehead atoms. The van der Waals surface area contributed by atoms with Gasteiger partial charge >= 0.3 is 11.9 Å². The van der Waals surface area contributed by atoms with E-state index in [2.05, 4.69) is 0 Å². The van der Waals surface area contributed by atoms with Crippen LogP contribution in [0.4, 0.5) is 0 Å². The summed E-state index contributed by atoms with van der Waals surface area (Å²) in [6.45, 7) is 3.89. The van der Waals surface area contributed by atoms with Crippen LogP contribution in [0, 0.1) is 5.41 Å². The zero-order valence-electron chi connectivity index (χ0n) is 14.7. The van der Waals surface area contributed by atoms with Crippen LogP contribution >= 0.6 is 0 Å². The van der Waals surface area contributed by atoms with Gasteiger partial charge in [-0.1, -0.05) is 25.1 Å². The summed E-state index contributed by atoms with van der Waals surface area (Å²) in [7, 11) is 0. The molecule has 1 fully saturated rings. The number of carbonyl (C=O) groups excluding carboxylic acids is 2. The second-order valence-corrected chi connectivity index (χ2v) is 7.12. The summed E-state index contributed by atoms with van der Waals surface area (Å²) in [6, 6.07) is 10.7. The number of esters is 2. The van der Waals surface area contributed by atoms with Crippen molar-refractivity contribution in [2.24, 2.45) is 5.41 Å². The second-order valence-electron chi connectivity index (χ2n) is 7.12. The minimum absolute atomic E-state index is 0.336. The number of hydrogen-bond donors (Lipinski definition) is 0. The summed E-state index contributed by atoms with van der Waals surface area (Å²) in [5.41, 5.74) is 2.31. The van der Waals surface area contributed by atoms with Crippen molar-refractivity contribution in [1.29, 1.82) is 0 Å². The first kappa shape index (κ1) is 16.6. The molecule has 134 valence electrons. The Morgan fingerprint density at radius 2 is 2.00 bits per heavy atom. The van der Waals surface area contributed by atoms with Crippen LogP contribution in [0.2, 0.25) is 0 Å². The summed E-state index contributed by atoms with van der Waals surface area (Å²) in [5.74, 6) is -0.714. The molecule has 3 atom stereocenters. The molecule has 2 aliphatic rings. The van der Waals surface area contributed by atoms with Crippen molar-refractivity contribution >= 4 is 11.9 Å². The highest BCUT2D eigenvalue weighted by molar-refractivity contribution is 5.94. The molecule has 0 radical (unpaired) electrons. The van der Waals surface area contributed by atoms with Crippen LogP contribution in [0.3, 0.4) is 0 Å². The fourth-order valence-corrected chi connectivity index (χ4v) is 4.12. The molecule has 5 heteroatoms. The van der Waals surface area contributed by atoms with E-state index in [0.717, 1.165) is 11.1 Å². The lowest BCUT2D eigenvalue weighted by Crippen LogP contribution is -2.34. The maximum atomic E-state index is 12.6. The first-order valence-electron chi connectivity index (χ1n) is 8.71. The summed E-state index contributed by atoms with van der Waals surface area (Å²) in [5, 5.41) is 0. The van der Waals surface area contributed by atoms with Gasteiger partial charge in [0.15, 0.2) is 0 Å².